The molecule has 0 spiro atoms. The molecule has 0 bridgehead atoms. The van der Waals surface area contributed by atoms with Gasteiger partial charge in [-0.25, -0.2) is 4.39 Å². The van der Waals surface area contributed by atoms with E-state index in [1.807, 2.05) is 24.3 Å². The molecule has 1 nitrogen and oxygen atoms in total. The van der Waals surface area contributed by atoms with Crippen molar-refractivity contribution in [2.24, 2.45) is 0 Å². The van der Waals surface area contributed by atoms with Crippen LogP contribution in [0.25, 0.3) is 0 Å². The largest absolute Gasteiger partial charge is 0.310 e. The van der Waals surface area contributed by atoms with Gasteiger partial charge in [-0.15, -0.1) is 0 Å². The summed E-state index contributed by atoms with van der Waals surface area (Å²) < 4.78 is 14.9. The summed E-state index contributed by atoms with van der Waals surface area (Å²) in [6.07, 6.45) is 1.72. The van der Waals surface area contributed by atoms with Crippen molar-refractivity contribution in [3.05, 3.63) is 69.9 Å². The molecule has 2 aromatic carbocycles. The average molecular weight is 336 g/mol. The Hall–Kier alpha value is -1.19. The van der Waals surface area contributed by atoms with E-state index in [1.165, 1.54) is 11.6 Å². The van der Waals surface area contributed by atoms with Crippen LogP contribution in [0, 0.1) is 5.82 Å². The Morgan fingerprint density at radius 3 is 2.45 bits per heavy atom. The Morgan fingerprint density at radius 2 is 1.80 bits per heavy atom. The minimum absolute atomic E-state index is 0.132. The maximum absolute atomic E-state index is 13.8. The molecule has 0 aromatic heterocycles. The zero-order valence-corrected chi connectivity index (χ0v) is 13.2. The van der Waals surface area contributed by atoms with Crippen molar-refractivity contribution in [2.45, 2.75) is 25.8 Å². The van der Waals surface area contributed by atoms with E-state index in [1.54, 1.807) is 6.07 Å². The van der Waals surface area contributed by atoms with Gasteiger partial charge in [0.25, 0.3) is 0 Å². The van der Waals surface area contributed by atoms with Gasteiger partial charge in [0.15, 0.2) is 0 Å². The molecule has 2 rings (SSSR count). The predicted molar refractivity (Wildman–Crippen MR) is 85.3 cm³/mol. The summed E-state index contributed by atoms with van der Waals surface area (Å²) in [6.45, 7) is 3.06. The smallest absolute Gasteiger partial charge is 0.126 e. The molecule has 1 unspecified atom stereocenters. The summed E-state index contributed by atoms with van der Waals surface area (Å²) in [7, 11) is 0. The van der Waals surface area contributed by atoms with Crippen LogP contribution in [-0.2, 0) is 6.42 Å². The van der Waals surface area contributed by atoms with Gasteiger partial charge in [-0.3, -0.25) is 0 Å². The highest BCUT2D eigenvalue weighted by molar-refractivity contribution is 9.10. The van der Waals surface area contributed by atoms with E-state index in [2.05, 4.69) is 40.3 Å². The summed E-state index contributed by atoms with van der Waals surface area (Å²) in [5.41, 5.74) is 1.94. The Bertz CT molecular complexity index is 539. The van der Waals surface area contributed by atoms with Gasteiger partial charge in [-0.2, -0.15) is 0 Å². The number of benzene rings is 2. The van der Waals surface area contributed by atoms with Crippen LogP contribution in [0.3, 0.4) is 0 Å². The average Bonchev–Trinajstić information content (AvgIpc) is 2.46. The van der Waals surface area contributed by atoms with Crippen LogP contribution in [0.5, 0.6) is 0 Å². The maximum atomic E-state index is 13.8. The summed E-state index contributed by atoms with van der Waals surface area (Å²) >= 11 is 3.45. The van der Waals surface area contributed by atoms with Crippen LogP contribution in [0.4, 0.5) is 4.39 Å². The van der Waals surface area contributed by atoms with E-state index < -0.39 is 0 Å². The molecule has 0 saturated carbocycles. The molecule has 1 N–H and O–H groups in total. The van der Waals surface area contributed by atoms with Crippen molar-refractivity contribution in [1.29, 1.82) is 0 Å². The Kier molecular flexibility index (Phi) is 5.74. The monoisotopic (exact) mass is 335 g/mol. The zero-order chi connectivity index (χ0) is 14.4. The van der Waals surface area contributed by atoms with Crippen molar-refractivity contribution >= 4 is 15.9 Å². The highest BCUT2D eigenvalue weighted by atomic mass is 79.9. The van der Waals surface area contributed by atoms with E-state index in [-0.39, 0.29) is 11.9 Å². The first-order valence-corrected chi connectivity index (χ1v) is 7.72. The Balaban J connectivity index is 2.19. The number of nitrogens with one attached hydrogen (secondary N) is 1. The topological polar surface area (TPSA) is 12.0 Å². The molecule has 0 aliphatic carbocycles. The van der Waals surface area contributed by atoms with Gasteiger partial charge in [0.05, 0.1) is 0 Å². The lowest BCUT2D eigenvalue weighted by molar-refractivity contribution is 0.513. The molecular formula is C17H19BrFN. The molecule has 3 heteroatoms. The highest BCUT2D eigenvalue weighted by Crippen LogP contribution is 2.22. The molecule has 20 heavy (non-hydrogen) atoms. The van der Waals surface area contributed by atoms with Gasteiger partial charge in [-0.1, -0.05) is 53.2 Å². The number of hydrogen-bond donors (Lipinski definition) is 1. The first-order chi connectivity index (χ1) is 9.70. The number of hydrogen-bond acceptors (Lipinski definition) is 1. The van der Waals surface area contributed by atoms with E-state index in [0.717, 1.165) is 23.0 Å². The van der Waals surface area contributed by atoms with Crippen molar-refractivity contribution in [3.8, 4) is 0 Å². The summed E-state index contributed by atoms with van der Waals surface area (Å²) in [5.74, 6) is -0.132. The summed E-state index contributed by atoms with van der Waals surface area (Å²) in [4.78, 5) is 0. The van der Waals surface area contributed by atoms with Crippen LogP contribution in [0.15, 0.2) is 53.0 Å². The van der Waals surface area contributed by atoms with E-state index in [0.29, 0.717) is 6.42 Å². The zero-order valence-electron chi connectivity index (χ0n) is 11.6. The molecule has 0 amide bonds. The summed E-state index contributed by atoms with van der Waals surface area (Å²) in [5, 5.41) is 3.50. The summed E-state index contributed by atoms with van der Waals surface area (Å²) in [6, 6.07) is 15.3. The highest BCUT2D eigenvalue weighted by Gasteiger charge is 2.13. The lowest BCUT2D eigenvalue weighted by Gasteiger charge is -2.19. The van der Waals surface area contributed by atoms with E-state index in [9.17, 15) is 4.39 Å². The molecule has 1 atom stereocenters. The first-order valence-electron chi connectivity index (χ1n) is 6.93. The second-order valence-corrected chi connectivity index (χ2v) is 5.77. The van der Waals surface area contributed by atoms with Gasteiger partial charge in [0, 0.05) is 10.5 Å². The van der Waals surface area contributed by atoms with Crippen LogP contribution >= 0.6 is 15.9 Å². The second kappa shape index (κ2) is 7.55. The predicted octanol–water partition coefficient (Wildman–Crippen LogP) is 4.87. The fourth-order valence-electron chi connectivity index (χ4n) is 2.21. The fourth-order valence-corrected chi connectivity index (χ4v) is 2.47. The standard InChI is InChI=1S/C17H19BrFN/c1-2-11-20-17(13-7-9-15(18)10-8-13)12-14-5-3-4-6-16(14)19/h3-10,17,20H,2,11-12H2,1H3. The van der Waals surface area contributed by atoms with Gasteiger partial charge in [0.2, 0.25) is 0 Å². The molecule has 0 radical (unpaired) electrons. The van der Waals surface area contributed by atoms with Crippen LogP contribution in [-0.4, -0.2) is 6.54 Å². The molecule has 0 aliphatic rings. The van der Waals surface area contributed by atoms with Gasteiger partial charge in [0.1, 0.15) is 5.82 Å². The lowest BCUT2D eigenvalue weighted by atomic mass is 9.98. The molecule has 0 aliphatic heterocycles. The molecule has 0 heterocycles. The fraction of sp³-hybridized carbons (Fsp3) is 0.294. The van der Waals surface area contributed by atoms with Crippen LogP contribution < -0.4 is 5.32 Å². The van der Waals surface area contributed by atoms with Gasteiger partial charge >= 0.3 is 0 Å². The second-order valence-electron chi connectivity index (χ2n) is 4.85. The number of halogens is 2. The van der Waals surface area contributed by atoms with Crippen LogP contribution in [0.1, 0.15) is 30.5 Å². The lowest BCUT2D eigenvalue weighted by Crippen LogP contribution is -2.24. The third-order valence-electron chi connectivity index (χ3n) is 3.29. The van der Waals surface area contributed by atoms with Gasteiger partial charge < -0.3 is 5.32 Å². The Labute approximate surface area is 128 Å². The molecule has 2 aromatic rings. The molecule has 106 valence electrons. The molecular weight excluding hydrogens is 317 g/mol. The number of rotatable bonds is 6. The van der Waals surface area contributed by atoms with Crippen molar-refractivity contribution in [1.82, 2.24) is 5.32 Å². The first kappa shape index (κ1) is 15.2. The van der Waals surface area contributed by atoms with Crippen molar-refractivity contribution in [3.63, 3.8) is 0 Å². The molecule has 0 fully saturated rings. The van der Waals surface area contributed by atoms with E-state index >= 15 is 0 Å². The quantitative estimate of drug-likeness (QED) is 0.793. The SMILES string of the molecule is CCCNC(Cc1ccccc1F)c1ccc(Br)cc1. The normalized spacial score (nSPS) is 12.3. The van der Waals surface area contributed by atoms with Crippen LogP contribution in [0.2, 0.25) is 0 Å². The minimum atomic E-state index is -0.132. The third-order valence-corrected chi connectivity index (χ3v) is 3.82. The Morgan fingerprint density at radius 1 is 1.10 bits per heavy atom. The third kappa shape index (κ3) is 4.15. The van der Waals surface area contributed by atoms with E-state index in [4.69, 9.17) is 0 Å². The molecule has 0 saturated heterocycles. The van der Waals surface area contributed by atoms with Crippen molar-refractivity contribution < 1.29 is 4.39 Å². The van der Waals surface area contributed by atoms with Gasteiger partial charge in [-0.05, 0) is 48.7 Å². The van der Waals surface area contributed by atoms with Crippen molar-refractivity contribution in [2.75, 3.05) is 6.54 Å². The maximum Gasteiger partial charge on any atom is 0.126 e. The minimum Gasteiger partial charge on any atom is -0.310 e.